The van der Waals surface area contributed by atoms with E-state index in [1.165, 1.54) is 0 Å². The first-order chi connectivity index (χ1) is 10.2. The quantitative estimate of drug-likeness (QED) is 0.598. The van der Waals surface area contributed by atoms with Crippen LogP contribution in [-0.2, 0) is 20.0 Å². The molecule has 0 bridgehead atoms. The summed E-state index contributed by atoms with van der Waals surface area (Å²) in [5.41, 5.74) is 0. The Kier molecular flexibility index (Phi) is 15.9. The van der Waals surface area contributed by atoms with Gasteiger partial charge in [-0.3, -0.25) is 0 Å². The topological polar surface area (TPSA) is 53.6 Å². The van der Waals surface area contributed by atoms with Crippen LogP contribution >= 0.6 is 24.8 Å². The van der Waals surface area contributed by atoms with E-state index in [0.717, 1.165) is 5.76 Å². The zero-order valence-electron chi connectivity index (χ0n) is 12.2. The molecule has 1 heterocycles. The van der Waals surface area contributed by atoms with Gasteiger partial charge in [0.2, 0.25) is 0 Å². The third kappa shape index (κ3) is 12.7. The molecule has 0 atom stereocenters. The van der Waals surface area contributed by atoms with Crippen LogP contribution in [0.5, 0.6) is 11.5 Å². The van der Waals surface area contributed by atoms with Crippen molar-refractivity contribution in [2.75, 3.05) is 0 Å². The van der Waals surface area contributed by atoms with Gasteiger partial charge in [0.1, 0.15) is 11.5 Å². The molecular weight excluding hydrogens is 371 g/mol. The maximum atomic E-state index is 8.63. The predicted molar refractivity (Wildman–Crippen MR) is 94.6 cm³/mol. The van der Waals surface area contributed by atoms with Crippen LogP contribution in [0.3, 0.4) is 0 Å². The summed E-state index contributed by atoms with van der Waals surface area (Å²) >= 11 is 1.94. The van der Waals surface area contributed by atoms with E-state index in [-0.39, 0.29) is 24.8 Å². The predicted octanol–water partition coefficient (Wildman–Crippen LogP) is 4.60. The summed E-state index contributed by atoms with van der Waals surface area (Å²) in [7, 11) is 0. The van der Waals surface area contributed by atoms with Gasteiger partial charge in [0.05, 0.1) is 0 Å². The van der Waals surface area contributed by atoms with Gasteiger partial charge in [-0.15, -0.1) is 24.8 Å². The van der Waals surface area contributed by atoms with E-state index in [9.17, 15) is 0 Å². The Hall–Kier alpha value is -1.52. The summed E-state index contributed by atoms with van der Waals surface area (Å²) < 4.78 is 6.84. The molecule has 0 spiro atoms. The molecule has 0 unspecified atom stereocenters. The SMILES string of the molecule is Cl.Cl.Oc1ccccc1.Oc1ccccc1.[Ti]=[CH]c1ccco1. The molecule has 3 rings (SSSR count). The summed E-state index contributed by atoms with van der Waals surface area (Å²) in [6, 6.07) is 21.2. The zero-order chi connectivity index (χ0) is 15.3. The molecule has 0 saturated heterocycles. The second-order valence-electron chi connectivity index (χ2n) is 3.83. The summed E-state index contributed by atoms with van der Waals surface area (Å²) in [6.45, 7) is 0. The van der Waals surface area contributed by atoms with Gasteiger partial charge >= 0.3 is 52.9 Å². The number of halogens is 2. The van der Waals surface area contributed by atoms with Crippen molar-refractivity contribution >= 4 is 29.1 Å². The van der Waals surface area contributed by atoms with Crippen molar-refractivity contribution in [2.45, 2.75) is 0 Å². The fourth-order valence-corrected chi connectivity index (χ4v) is 1.49. The van der Waals surface area contributed by atoms with Gasteiger partial charge in [-0.1, -0.05) is 36.4 Å². The normalized spacial score (nSPS) is 7.78. The minimum absolute atomic E-state index is 0. The number of benzene rings is 2. The van der Waals surface area contributed by atoms with Gasteiger partial charge in [-0.05, 0) is 24.3 Å². The number of aromatic hydroxyl groups is 2. The fraction of sp³-hybridized carbons (Fsp3) is 0. The van der Waals surface area contributed by atoms with Crippen LogP contribution in [0, 0.1) is 0 Å². The Labute approximate surface area is 159 Å². The molecule has 0 fully saturated rings. The molecule has 1 aromatic heterocycles. The van der Waals surface area contributed by atoms with Crippen LogP contribution in [-0.4, -0.2) is 14.5 Å². The average Bonchev–Trinajstić information content (AvgIpc) is 3.04. The molecule has 3 nitrogen and oxygen atoms in total. The minimum atomic E-state index is 0. The molecule has 0 radical (unpaired) electrons. The molecule has 2 N–H and O–H groups in total. The average molecular weight is 389 g/mol. The Morgan fingerprint density at radius 3 is 1.30 bits per heavy atom. The molecule has 0 aliphatic rings. The van der Waals surface area contributed by atoms with E-state index in [1.54, 1.807) is 54.8 Å². The Balaban J connectivity index is 0. The van der Waals surface area contributed by atoms with Gasteiger partial charge in [0.15, 0.2) is 0 Å². The summed E-state index contributed by atoms with van der Waals surface area (Å²) in [4.78, 5) is 0. The van der Waals surface area contributed by atoms with Crippen LogP contribution in [0.25, 0.3) is 0 Å². The molecule has 2 aromatic carbocycles. The second-order valence-corrected chi connectivity index (χ2v) is 4.28. The zero-order valence-corrected chi connectivity index (χ0v) is 15.4. The first kappa shape index (κ1) is 23.7. The van der Waals surface area contributed by atoms with Crippen molar-refractivity contribution in [1.82, 2.24) is 0 Å². The number of para-hydroxylation sites is 2. The van der Waals surface area contributed by atoms with Crippen molar-refractivity contribution in [3.05, 3.63) is 84.8 Å². The standard InChI is InChI=1S/2C6H6O.C5H4O.2ClH.Ti/c2*7-6-4-2-1-3-5-6;1-5-3-2-4-6-5;;;/h2*1-5,7H;1-4H;2*1H;. The van der Waals surface area contributed by atoms with E-state index in [1.807, 2.05) is 48.6 Å². The number of furan rings is 1. The van der Waals surface area contributed by atoms with Crippen LogP contribution < -0.4 is 0 Å². The molecule has 3 aromatic rings. The first-order valence-corrected chi connectivity index (χ1v) is 7.14. The molecule has 23 heavy (non-hydrogen) atoms. The first-order valence-electron chi connectivity index (χ1n) is 6.24. The van der Waals surface area contributed by atoms with Gasteiger partial charge in [-0.2, -0.15) is 0 Å². The maximum absolute atomic E-state index is 8.63. The van der Waals surface area contributed by atoms with Crippen LogP contribution in [0.15, 0.2) is 83.5 Å². The number of hydrogen-bond acceptors (Lipinski definition) is 3. The molecule has 0 amide bonds. The Morgan fingerprint density at radius 2 is 1.13 bits per heavy atom. The fourth-order valence-electron chi connectivity index (χ4n) is 1.23. The number of phenols is 2. The summed E-state index contributed by atoms with van der Waals surface area (Å²) in [5.74, 6) is 1.57. The van der Waals surface area contributed by atoms with Crippen molar-refractivity contribution < 1.29 is 34.6 Å². The third-order valence-corrected chi connectivity index (χ3v) is 2.64. The summed E-state index contributed by atoms with van der Waals surface area (Å²) in [6.07, 6.45) is 1.66. The van der Waals surface area contributed by atoms with E-state index < -0.39 is 0 Å². The van der Waals surface area contributed by atoms with Gasteiger partial charge in [-0.25, -0.2) is 0 Å². The van der Waals surface area contributed by atoms with Gasteiger partial charge in [0.25, 0.3) is 0 Å². The van der Waals surface area contributed by atoms with Crippen molar-refractivity contribution in [3.63, 3.8) is 0 Å². The number of phenolic OH excluding ortho intramolecular Hbond substituents is 2. The van der Waals surface area contributed by atoms with Crippen molar-refractivity contribution in [2.24, 2.45) is 0 Å². The van der Waals surface area contributed by atoms with Gasteiger partial charge < -0.3 is 10.2 Å². The van der Waals surface area contributed by atoms with E-state index in [4.69, 9.17) is 14.6 Å². The summed E-state index contributed by atoms with van der Waals surface area (Å²) in [5, 5.41) is 17.3. The van der Waals surface area contributed by atoms with Crippen LogP contribution in [0.4, 0.5) is 0 Å². The Bertz CT molecular complexity index is 565. The van der Waals surface area contributed by atoms with E-state index in [2.05, 4.69) is 0 Å². The number of rotatable bonds is 1. The van der Waals surface area contributed by atoms with Crippen molar-refractivity contribution in [1.29, 1.82) is 0 Å². The number of hydrogen-bond donors (Lipinski definition) is 2. The van der Waals surface area contributed by atoms with Crippen LogP contribution in [0.2, 0.25) is 0 Å². The van der Waals surface area contributed by atoms with Crippen LogP contribution in [0.1, 0.15) is 5.76 Å². The van der Waals surface area contributed by atoms with Crippen molar-refractivity contribution in [3.8, 4) is 11.5 Å². The van der Waals surface area contributed by atoms with E-state index >= 15 is 0 Å². The van der Waals surface area contributed by atoms with E-state index in [0.29, 0.717) is 11.5 Å². The monoisotopic (exact) mass is 388 g/mol. The third-order valence-electron chi connectivity index (χ3n) is 2.20. The molecule has 0 saturated carbocycles. The molecule has 6 heteroatoms. The molecule has 0 aliphatic carbocycles. The molecule has 122 valence electrons. The van der Waals surface area contributed by atoms with Gasteiger partial charge in [0, 0.05) is 0 Å². The Morgan fingerprint density at radius 1 is 0.696 bits per heavy atom. The second kappa shape index (κ2) is 15.4. The molecular formula is C17H18Cl2O3Ti. The molecule has 0 aliphatic heterocycles.